The molecule has 0 saturated heterocycles. The number of anilines is 1. The van der Waals surface area contributed by atoms with Gasteiger partial charge in [-0.05, 0) is 42.7 Å². The Hall–Kier alpha value is -2.53. The molecule has 2 aromatic carbocycles. The van der Waals surface area contributed by atoms with Crippen LogP contribution in [0.3, 0.4) is 0 Å². The van der Waals surface area contributed by atoms with Gasteiger partial charge in [0.15, 0.2) is 17.5 Å². The van der Waals surface area contributed by atoms with Gasteiger partial charge in [0.05, 0.1) is 20.8 Å². The first kappa shape index (κ1) is 18.3. The van der Waals surface area contributed by atoms with Crippen LogP contribution in [-0.4, -0.2) is 39.3 Å². The van der Waals surface area contributed by atoms with E-state index >= 15 is 0 Å². The highest BCUT2D eigenvalue weighted by atomic mass is 16.5. The van der Waals surface area contributed by atoms with Crippen LogP contribution in [0.15, 0.2) is 42.5 Å². The number of rotatable bonds is 7. The molecule has 0 spiro atoms. The predicted molar refractivity (Wildman–Crippen MR) is 102 cm³/mol. The fourth-order valence-corrected chi connectivity index (χ4v) is 3.45. The van der Waals surface area contributed by atoms with Crippen LogP contribution in [0, 0.1) is 0 Å². The molecule has 0 aliphatic carbocycles. The van der Waals surface area contributed by atoms with E-state index in [4.69, 9.17) is 9.47 Å². The van der Waals surface area contributed by atoms with Gasteiger partial charge in [0.25, 0.3) is 5.91 Å². The minimum Gasteiger partial charge on any atom is -0.493 e. The lowest BCUT2D eigenvalue weighted by Crippen LogP contribution is -2.92. The van der Waals surface area contributed by atoms with Crippen molar-refractivity contribution >= 4 is 11.6 Å². The maximum absolute atomic E-state index is 12.8. The summed E-state index contributed by atoms with van der Waals surface area (Å²) in [6.45, 7) is 3.61. The number of hydrogen-bond acceptors (Lipinski definition) is 3. The maximum atomic E-state index is 12.8. The minimum atomic E-state index is -0.0960. The van der Waals surface area contributed by atoms with E-state index in [-0.39, 0.29) is 11.9 Å². The minimum absolute atomic E-state index is 0.0960. The van der Waals surface area contributed by atoms with Crippen molar-refractivity contribution in [1.82, 2.24) is 0 Å². The zero-order chi connectivity index (χ0) is 18.5. The van der Waals surface area contributed by atoms with Gasteiger partial charge >= 0.3 is 0 Å². The van der Waals surface area contributed by atoms with Crippen LogP contribution >= 0.6 is 0 Å². The number of methoxy groups -OCH3 is 2. The third-order valence-electron chi connectivity index (χ3n) is 4.94. The number of nitrogens with two attached hydrogens (primary N) is 1. The van der Waals surface area contributed by atoms with Crippen molar-refractivity contribution in [3.63, 3.8) is 0 Å². The predicted octanol–water partition coefficient (Wildman–Crippen LogP) is 1.79. The van der Waals surface area contributed by atoms with Gasteiger partial charge in [-0.15, -0.1) is 0 Å². The molecule has 0 unspecified atom stereocenters. The second kappa shape index (κ2) is 8.23. The Labute approximate surface area is 154 Å². The molecule has 1 atom stereocenters. The van der Waals surface area contributed by atoms with Crippen LogP contribution in [-0.2, 0) is 17.6 Å². The summed E-state index contributed by atoms with van der Waals surface area (Å²) < 4.78 is 10.6. The van der Waals surface area contributed by atoms with Crippen molar-refractivity contribution in [2.24, 2.45) is 0 Å². The van der Waals surface area contributed by atoms with Crippen molar-refractivity contribution in [3.05, 3.63) is 53.6 Å². The molecule has 3 rings (SSSR count). The molecule has 1 aliphatic rings. The number of quaternary nitrogens is 1. The normalized spacial score (nSPS) is 14.0. The lowest BCUT2D eigenvalue weighted by Gasteiger charge is -2.20. The van der Waals surface area contributed by atoms with E-state index in [2.05, 4.69) is 11.4 Å². The molecular weight excluding hydrogens is 328 g/mol. The molecule has 138 valence electrons. The van der Waals surface area contributed by atoms with Crippen LogP contribution in [0.5, 0.6) is 11.5 Å². The smallest absolute Gasteiger partial charge is 0.284 e. The van der Waals surface area contributed by atoms with Crippen molar-refractivity contribution in [2.75, 3.05) is 32.2 Å². The fourth-order valence-electron chi connectivity index (χ4n) is 3.45. The van der Waals surface area contributed by atoms with E-state index in [0.29, 0.717) is 0 Å². The summed E-state index contributed by atoms with van der Waals surface area (Å²) >= 11 is 0. The largest absolute Gasteiger partial charge is 0.493 e. The van der Waals surface area contributed by atoms with Gasteiger partial charge in [0.1, 0.15) is 0 Å². The fraction of sp³-hybridized carbons (Fsp3) is 0.381. The summed E-state index contributed by atoms with van der Waals surface area (Å²) in [6, 6.07) is 14.0. The van der Waals surface area contributed by atoms with Gasteiger partial charge in [-0.2, -0.15) is 0 Å². The first-order valence-corrected chi connectivity index (χ1v) is 9.07. The summed E-state index contributed by atoms with van der Waals surface area (Å²) in [6.07, 6.45) is 1.81. The molecule has 1 heterocycles. The van der Waals surface area contributed by atoms with E-state index in [1.807, 2.05) is 48.2 Å². The number of para-hydroxylation sites is 1. The van der Waals surface area contributed by atoms with Crippen LogP contribution < -0.4 is 19.7 Å². The zero-order valence-electron chi connectivity index (χ0n) is 15.7. The first-order chi connectivity index (χ1) is 12.6. The second-order valence-electron chi connectivity index (χ2n) is 6.62. The highest BCUT2D eigenvalue weighted by Gasteiger charge is 2.29. The number of benzene rings is 2. The molecule has 0 fully saturated rings. The van der Waals surface area contributed by atoms with Crippen LogP contribution in [0.25, 0.3) is 0 Å². The number of fused-ring (bicyclic) bond motifs is 1. The Bertz CT molecular complexity index is 776. The number of amides is 1. The number of ether oxygens (including phenoxy) is 2. The van der Waals surface area contributed by atoms with Gasteiger partial charge in [-0.25, -0.2) is 0 Å². The SMILES string of the molecule is COc1ccc(CC[NH2+][C@H](C)C(=O)N2CCc3ccccc32)cc1OC. The summed E-state index contributed by atoms with van der Waals surface area (Å²) in [4.78, 5) is 14.7. The highest BCUT2D eigenvalue weighted by molar-refractivity contribution is 5.97. The lowest BCUT2D eigenvalue weighted by atomic mass is 10.1. The van der Waals surface area contributed by atoms with Crippen molar-refractivity contribution in [2.45, 2.75) is 25.8 Å². The van der Waals surface area contributed by atoms with Crippen LogP contribution in [0.1, 0.15) is 18.1 Å². The molecule has 0 radical (unpaired) electrons. The number of carbonyl (C=O) groups is 1. The van der Waals surface area contributed by atoms with E-state index in [9.17, 15) is 4.79 Å². The molecule has 1 amide bonds. The molecule has 0 aromatic heterocycles. The highest BCUT2D eigenvalue weighted by Crippen LogP contribution is 2.28. The van der Waals surface area contributed by atoms with E-state index < -0.39 is 0 Å². The van der Waals surface area contributed by atoms with E-state index in [1.54, 1.807) is 14.2 Å². The lowest BCUT2D eigenvalue weighted by molar-refractivity contribution is -0.672. The van der Waals surface area contributed by atoms with Gasteiger partial charge in [-0.3, -0.25) is 4.79 Å². The van der Waals surface area contributed by atoms with Gasteiger partial charge in [-0.1, -0.05) is 24.3 Å². The molecule has 5 nitrogen and oxygen atoms in total. The maximum Gasteiger partial charge on any atom is 0.284 e. The molecule has 5 heteroatoms. The average Bonchev–Trinajstić information content (AvgIpc) is 3.11. The standard InChI is InChI=1S/C21H26N2O3/c1-15(21(24)23-13-11-17-6-4-5-7-18(17)23)22-12-10-16-8-9-19(25-2)20(14-16)26-3/h4-9,14-15,22H,10-13H2,1-3H3/p+1/t15-/m1/s1. The third-order valence-corrected chi connectivity index (χ3v) is 4.94. The van der Waals surface area contributed by atoms with Gasteiger partial charge < -0.3 is 19.7 Å². The topological polar surface area (TPSA) is 55.4 Å². The second-order valence-corrected chi connectivity index (χ2v) is 6.62. The van der Waals surface area contributed by atoms with Crippen molar-refractivity contribution < 1.29 is 19.6 Å². The van der Waals surface area contributed by atoms with Crippen LogP contribution in [0.2, 0.25) is 0 Å². The molecule has 2 aromatic rings. The molecule has 26 heavy (non-hydrogen) atoms. The summed E-state index contributed by atoms with van der Waals surface area (Å²) in [5.41, 5.74) is 3.50. The van der Waals surface area contributed by atoms with E-state index in [1.165, 1.54) is 11.1 Å². The van der Waals surface area contributed by atoms with Gasteiger partial charge in [0.2, 0.25) is 0 Å². The third kappa shape index (κ3) is 3.83. The first-order valence-electron chi connectivity index (χ1n) is 9.07. The Kier molecular flexibility index (Phi) is 5.78. The Morgan fingerprint density at radius 2 is 1.92 bits per heavy atom. The number of carbonyl (C=O) groups excluding carboxylic acids is 1. The quantitative estimate of drug-likeness (QED) is 0.824. The Morgan fingerprint density at radius 3 is 2.69 bits per heavy atom. The molecule has 2 N–H and O–H groups in total. The van der Waals surface area contributed by atoms with E-state index in [0.717, 1.165) is 43.1 Å². The number of hydrogen-bond donors (Lipinski definition) is 1. The molecule has 1 aliphatic heterocycles. The zero-order valence-corrected chi connectivity index (χ0v) is 15.7. The number of nitrogens with zero attached hydrogens (tertiary/aromatic N) is 1. The molecule has 0 saturated carbocycles. The summed E-state index contributed by atoms with van der Waals surface area (Å²) in [5.74, 6) is 1.65. The van der Waals surface area contributed by atoms with Crippen molar-refractivity contribution in [1.29, 1.82) is 0 Å². The molecular formula is C21H27N2O3+. The molecule has 0 bridgehead atoms. The monoisotopic (exact) mass is 355 g/mol. The van der Waals surface area contributed by atoms with Crippen molar-refractivity contribution in [3.8, 4) is 11.5 Å². The van der Waals surface area contributed by atoms with Gasteiger partial charge in [0, 0.05) is 18.7 Å². The summed E-state index contributed by atoms with van der Waals surface area (Å²) in [7, 11) is 3.28. The Balaban J connectivity index is 1.55. The average molecular weight is 355 g/mol. The van der Waals surface area contributed by atoms with Crippen LogP contribution in [0.4, 0.5) is 5.69 Å². The summed E-state index contributed by atoms with van der Waals surface area (Å²) in [5, 5.41) is 2.11. The Morgan fingerprint density at radius 1 is 1.15 bits per heavy atom.